The van der Waals surface area contributed by atoms with Gasteiger partial charge in [0.05, 0.1) is 25.6 Å². The van der Waals surface area contributed by atoms with Crippen molar-refractivity contribution in [3.63, 3.8) is 0 Å². The first-order chi connectivity index (χ1) is 12.9. The highest BCUT2D eigenvalue weighted by atomic mass is 32.2. The molecule has 27 heavy (non-hydrogen) atoms. The number of sulfonamides is 1. The Kier molecular flexibility index (Phi) is 7.75. The van der Waals surface area contributed by atoms with E-state index in [9.17, 15) is 13.2 Å². The normalized spacial score (nSPS) is 11.4. The van der Waals surface area contributed by atoms with Crippen LogP contribution in [0.1, 0.15) is 17.7 Å². The number of carbonyl (C=O) groups excluding carboxylic acids is 1. The van der Waals surface area contributed by atoms with Crippen LogP contribution in [-0.2, 0) is 27.8 Å². The van der Waals surface area contributed by atoms with Gasteiger partial charge in [-0.2, -0.15) is 0 Å². The van der Waals surface area contributed by atoms with E-state index in [1.165, 1.54) is 4.31 Å². The molecule has 0 saturated carbocycles. The van der Waals surface area contributed by atoms with Gasteiger partial charge in [0, 0.05) is 25.7 Å². The number of carbonyl (C=O) groups is 1. The molecule has 0 unspecified atom stereocenters. The fourth-order valence-corrected chi connectivity index (χ4v) is 3.34. The van der Waals surface area contributed by atoms with Crippen molar-refractivity contribution in [1.82, 2.24) is 14.6 Å². The lowest BCUT2D eigenvalue weighted by molar-refractivity contribution is -0.121. The molecule has 0 fully saturated rings. The van der Waals surface area contributed by atoms with Crippen LogP contribution < -0.4 is 10.1 Å². The van der Waals surface area contributed by atoms with E-state index in [4.69, 9.17) is 4.74 Å². The lowest BCUT2D eigenvalue weighted by Gasteiger charge is -2.19. The quantitative estimate of drug-likeness (QED) is 0.665. The van der Waals surface area contributed by atoms with Gasteiger partial charge in [-0.05, 0) is 36.2 Å². The summed E-state index contributed by atoms with van der Waals surface area (Å²) in [6.07, 6.45) is 3.48. The fraction of sp³-hybridized carbons (Fsp3) is 0.368. The molecule has 0 saturated heterocycles. The molecule has 0 aliphatic rings. The predicted octanol–water partition coefficient (Wildman–Crippen LogP) is 1.60. The van der Waals surface area contributed by atoms with Crippen molar-refractivity contribution in [2.45, 2.75) is 19.4 Å². The van der Waals surface area contributed by atoms with Crippen molar-refractivity contribution in [1.29, 1.82) is 0 Å². The molecule has 1 aromatic carbocycles. The Labute approximate surface area is 160 Å². The first-order valence-corrected chi connectivity index (χ1v) is 10.5. The molecule has 2 rings (SSSR count). The minimum Gasteiger partial charge on any atom is -0.497 e. The Morgan fingerprint density at radius 1 is 1.15 bits per heavy atom. The van der Waals surface area contributed by atoms with Gasteiger partial charge in [-0.15, -0.1) is 0 Å². The number of nitrogens with one attached hydrogen (secondary N) is 1. The summed E-state index contributed by atoms with van der Waals surface area (Å²) in [5, 5.41) is 2.76. The summed E-state index contributed by atoms with van der Waals surface area (Å²) in [5.41, 5.74) is 1.76. The maximum Gasteiger partial charge on any atom is 0.221 e. The number of hydrogen-bond acceptors (Lipinski definition) is 5. The second-order valence-corrected chi connectivity index (χ2v) is 8.09. The molecule has 7 nitrogen and oxygen atoms in total. The van der Waals surface area contributed by atoms with Gasteiger partial charge in [-0.25, -0.2) is 12.7 Å². The molecule has 0 spiro atoms. The largest absolute Gasteiger partial charge is 0.497 e. The summed E-state index contributed by atoms with van der Waals surface area (Å²) in [6, 6.07) is 12.9. The number of amides is 1. The van der Waals surface area contributed by atoms with Crippen molar-refractivity contribution < 1.29 is 17.9 Å². The molecule has 1 aromatic heterocycles. The molecule has 1 N–H and O–H groups in total. The Morgan fingerprint density at radius 2 is 1.89 bits per heavy atom. The number of benzene rings is 1. The van der Waals surface area contributed by atoms with E-state index in [0.29, 0.717) is 19.5 Å². The van der Waals surface area contributed by atoms with Gasteiger partial charge < -0.3 is 10.1 Å². The molecular formula is C19H25N3O4S. The van der Waals surface area contributed by atoms with Crippen molar-refractivity contribution in [2.24, 2.45) is 0 Å². The summed E-state index contributed by atoms with van der Waals surface area (Å²) in [7, 11) is -1.80. The number of hydrogen-bond donors (Lipinski definition) is 1. The average Bonchev–Trinajstić information content (AvgIpc) is 2.66. The lowest BCUT2D eigenvalue weighted by atomic mass is 10.1. The third-order valence-electron chi connectivity index (χ3n) is 4.06. The van der Waals surface area contributed by atoms with Crippen molar-refractivity contribution in [2.75, 3.05) is 26.5 Å². The molecule has 0 radical (unpaired) electrons. The smallest absolute Gasteiger partial charge is 0.221 e. The molecule has 0 aliphatic heterocycles. The van der Waals surface area contributed by atoms with Crippen LogP contribution >= 0.6 is 0 Å². The molecular weight excluding hydrogens is 366 g/mol. The van der Waals surface area contributed by atoms with Crippen molar-refractivity contribution >= 4 is 15.9 Å². The number of methoxy groups -OCH3 is 1. The van der Waals surface area contributed by atoms with Crippen LogP contribution in [0.25, 0.3) is 0 Å². The molecule has 146 valence electrons. The van der Waals surface area contributed by atoms with E-state index in [1.807, 2.05) is 36.4 Å². The predicted molar refractivity (Wildman–Crippen MR) is 104 cm³/mol. The zero-order valence-electron chi connectivity index (χ0n) is 15.6. The molecule has 0 atom stereocenters. The Morgan fingerprint density at radius 3 is 2.48 bits per heavy atom. The lowest BCUT2D eigenvalue weighted by Crippen LogP contribution is -2.36. The van der Waals surface area contributed by atoms with E-state index in [-0.39, 0.29) is 18.9 Å². The number of aromatic nitrogens is 1. The Bertz CT molecular complexity index is 824. The topological polar surface area (TPSA) is 88.6 Å². The first kappa shape index (κ1) is 20.9. The third-order valence-corrected chi connectivity index (χ3v) is 5.36. The van der Waals surface area contributed by atoms with E-state index in [0.717, 1.165) is 23.3 Å². The van der Waals surface area contributed by atoms with Gasteiger partial charge in [0.1, 0.15) is 5.75 Å². The minimum absolute atomic E-state index is 0.0997. The maximum absolute atomic E-state index is 12.0. The third kappa shape index (κ3) is 7.36. The van der Waals surface area contributed by atoms with Gasteiger partial charge in [-0.3, -0.25) is 9.78 Å². The summed E-state index contributed by atoms with van der Waals surface area (Å²) in [4.78, 5) is 16.1. The monoisotopic (exact) mass is 391 g/mol. The first-order valence-electron chi connectivity index (χ1n) is 8.63. The second kappa shape index (κ2) is 10.0. The highest BCUT2D eigenvalue weighted by Gasteiger charge is 2.17. The molecule has 1 amide bonds. The van der Waals surface area contributed by atoms with Gasteiger partial charge >= 0.3 is 0 Å². The highest BCUT2D eigenvalue weighted by Crippen LogP contribution is 2.12. The standard InChI is InChI=1S/C19H25N3O4S/c1-26-18-8-6-16(7-9-18)10-13-22(27(2,24)25)14-11-19(23)21-15-17-5-3-4-12-20-17/h3-9,12H,10-11,13-15H2,1-2H3,(H,21,23). The minimum atomic E-state index is -3.39. The zero-order valence-corrected chi connectivity index (χ0v) is 16.4. The van der Waals surface area contributed by atoms with Gasteiger partial charge in [-0.1, -0.05) is 18.2 Å². The van der Waals surface area contributed by atoms with Crippen molar-refractivity contribution in [3.05, 3.63) is 59.9 Å². The number of rotatable bonds is 10. The molecule has 2 aromatic rings. The maximum atomic E-state index is 12.0. The molecule has 1 heterocycles. The Balaban J connectivity index is 1.83. The summed E-state index contributed by atoms with van der Waals surface area (Å²) in [6.45, 7) is 0.784. The van der Waals surface area contributed by atoms with Crippen LogP contribution in [0.2, 0.25) is 0 Å². The van der Waals surface area contributed by atoms with Crippen LogP contribution in [0.3, 0.4) is 0 Å². The zero-order chi connectivity index (χ0) is 19.7. The van der Waals surface area contributed by atoms with E-state index >= 15 is 0 Å². The summed E-state index contributed by atoms with van der Waals surface area (Å²) < 4.78 is 30.5. The van der Waals surface area contributed by atoms with E-state index in [1.54, 1.807) is 19.4 Å². The molecule has 0 aliphatic carbocycles. The van der Waals surface area contributed by atoms with Gasteiger partial charge in [0.25, 0.3) is 0 Å². The molecule has 8 heteroatoms. The highest BCUT2D eigenvalue weighted by molar-refractivity contribution is 7.88. The number of nitrogens with zero attached hydrogens (tertiary/aromatic N) is 2. The van der Waals surface area contributed by atoms with Crippen LogP contribution in [0.5, 0.6) is 5.75 Å². The van der Waals surface area contributed by atoms with Crippen LogP contribution in [-0.4, -0.2) is 50.1 Å². The second-order valence-electron chi connectivity index (χ2n) is 6.11. The SMILES string of the molecule is COc1ccc(CCN(CCC(=O)NCc2ccccn2)S(C)(=O)=O)cc1. The summed E-state index contributed by atoms with van der Waals surface area (Å²) >= 11 is 0. The Hall–Kier alpha value is -2.45. The van der Waals surface area contributed by atoms with Crippen LogP contribution in [0.15, 0.2) is 48.7 Å². The van der Waals surface area contributed by atoms with E-state index < -0.39 is 10.0 Å². The summed E-state index contributed by atoms with van der Waals surface area (Å²) in [5.74, 6) is 0.544. The van der Waals surface area contributed by atoms with E-state index in [2.05, 4.69) is 10.3 Å². The van der Waals surface area contributed by atoms with Crippen LogP contribution in [0.4, 0.5) is 0 Å². The van der Waals surface area contributed by atoms with Crippen molar-refractivity contribution in [3.8, 4) is 5.75 Å². The van der Waals surface area contributed by atoms with Gasteiger partial charge in [0.2, 0.25) is 15.9 Å². The number of pyridine rings is 1. The van der Waals surface area contributed by atoms with Gasteiger partial charge in [0.15, 0.2) is 0 Å². The molecule has 0 bridgehead atoms. The average molecular weight is 391 g/mol. The number of ether oxygens (including phenoxy) is 1. The fourth-order valence-electron chi connectivity index (χ4n) is 2.50. The van der Waals surface area contributed by atoms with Crippen LogP contribution in [0, 0.1) is 0 Å².